The van der Waals surface area contributed by atoms with Crippen LogP contribution in [0.2, 0.25) is 0 Å². The van der Waals surface area contributed by atoms with E-state index in [1.807, 2.05) is 0 Å². The quantitative estimate of drug-likeness (QED) is 0.638. The second-order valence-electron chi connectivity index (χ2n) is 7.06. The number of carbonyl (C=O) groups excluding carboxylic acids is 3. The maximum atomic E-state index is 14.4. The van der Waals surface area contributed by atoms with Gasteiger partial charge in [-0.15, -0.1) is 0 Å². The van der Waals surface area contributed by atoms with E-state index in [1.165, 1.54) is 25.1 Å². The first-order valence-corrected chi connectivity index (χ1v) is 9.03. The van der Waals surface area contributed by atoms with E-state index in [0.29, 0.717) is 12.8 Å². The highest BCUT2D eigenvalue weighted by atomic mass is 19.1. The number of hydrogen-bond donors (Lipinski definition) is 3. The van der Waals surface area contributed by atoms with Crippen LogP contribution in [0.25, 0.3) is 0 Å². The Morgan fingerprint density at radius 3 is 2.30 bits per heavy atom. The van der Waals surface area contributed by atoms with Crippen LogP contribution in [0.5, 0.6) is 0 Å². The minimum absolute atomic E-state index is 0.00369. The first-order valence-electron chi connectivity index (χ1n) is 9.03. The standard InChI is InChI=1S/C19H25F2N3O3/c1-12(25)24-15(7-8-16(22)26)18(27)23-11-19(9-2-3-10-19)17-13(20)5-4-6-14(17)21/h4-6,15H,2-3,7-11H2,1H3,(H2,22,26)(H,23,27)(H,24,25). The highest BCUT2D eigenvalue weighted by molar-refractivity contribution is 5.87. The molecule has 3 amide bonds. The summed E-state index contributed by atoms with van der Waals surface area (Å²) in [5, 5.41) is 5.19. The summed E-state index contributed by atoms with van der Waals surface area (Å²) in [5.74, 6) is -2.76. The Balaban J connectivity index is 2.15. The maximum absolute atomic E-state index is 14.4. The third-order valence-electron chi connectivity index (χ3n) is 5.03. The minimum atomic E-state index is -0.932. The zero-order chi connectivity index (χ0) is 20.0. The van der Waals surface area contributed by atoms with Gasteiger partial charge in [-0.2, -0.15) is 0 Å². The van der Waals surface area contributed by atoms with Gasteiger partial charge in [0.25, 0.3) is 0 Å². The molecule has 0 aliphatic heterocycles. The van der Waals surface area contributed by atoms with E-state index >= 15 is 0 Å². The van der Waals surface area contributed by atoms with Crippen molar-refractivity contribution in [3.63, 3.8) is 0 Å². The fraction of sp³-hybridized carbons (Fsp3) is 0.526. The van der Waals surface area contributed by atoms with Gasteiger partial charge in [-0.1, -0.05) is 18.9 Å². The molecule has 1 fully saturated rings. The molecule has 1 unspecified atom stereocenters. The average Bonchev–Trinajstić information content (AvgIpc) is 3.05. The maximum Gasteiger partial charge on any atom is 0.242 e. The van der Waals surface area contributed by atoms with E-state index in [9.17, 15) is 23.2 Å². The predicted molar refractivity (Wildman–Crippen MR) is 95.5 cm³/mol. The number of rotatable bonds is 8. The number of benzene rings is 1. The molecule has 0 heterocycles. The van der Waals surface area contributed by atoms with Gasteiger partial charge in [0.2, 0.25) is 17.7 Å². The second kappa shape index (κ2) is 8.92. The fourth-order valence-corrected chi connectivity index (χ4v) is 3.75. The predicted octanol–water partition coefficient (Wildman–Crippen LogP) is 1.66. The topological polar surface area (TPSA) is 101 Å². The molecular weight excluding hydrogens is 356 g/mol. The molecule has 1 aliphatic rings. The third kappa shape index (κ3) is 5.24. The third-order valence-corrected chi connectivity index (χ3v) is 5.03. The SMILES string of the molecule is CC(=O)NC(CCC(N)=O)C(=O)NCC1(c2c(F)cccc2F)CCCC1. The summed E-state index contributed by atoms with van der Waals surface area (Å²) in [6, 6.07) is 2.81. The van der Waals surface area contributed by atoms with Crippen LogP contribution in [0.15, 0.2) is 18.2 Å². The molecule has 2 rings (SSSR count). The summed E-state index contributed by atoms with van der Waals surface area (Å²) in [4.78, 5) is 34.8. The average molecular weight is 381 g/mol. The Morgan fingerprint density at radius 1 is 1.19 bits per heavy atom. The van der Waals surface area contributed by atoms with Gasteiger partial charge in [-0.25, -0.2) is 8.78 Å². The van der Waals surface area contributed by atoms with E-state index in [-0.39, 0.29) is 24.9 Å². The van der Waals surface area contributed by atoms with E-state index in [4.69, 9.17) is 5.73 Å². The molecule has 27 heavy (non-hydrogen) atoms. The molecule has 6 nitrogen and oxygen atoms in total. The number of primary amides is 1. The van der Waals surface area contributed by atoms with Crippen molar-refractivity contribution in [1.82, 2.24) is 10.6 Å². The van der Waals surface area contributed by atoms with Crippen molar-refractivity contribution >= 4 is 17.7 Å². The molecule has 1 aromatic rings. The van der Waals surface area contributed by atoms with E-state index in [0.717, 1.165) is 12.8 Å². The lowest BCUT2D eigenvalue weighted by molar-refractivity contribution is -0.128. The van der Waals surface area contributed by atoms with E-state index in [1.54, 1.807) is 0 Å². The Morgan fingerprint density at radius 2 is 1.78 bits per heavy atom. The van der Waals surface area contributed by atoms with Gasteiger partial charge in [0.1, 0.15) is 17.7 Å². The number of hydrogen-bond acceptors (Lipinski definition) is 3. The van der Waals surface area contributed by atoms with Gasteiger partial charge >= 0.3 is 0 Å². The smallest absolute Gasteiger partial charge is 0.242 e. The Hall–Kier alpha value is -2.51. The first-order chi connectivity index (χ1) is 12.7. The number of nitrogens with one attached hydrogen (secondary N) is 2. The number of amides is 3. The van der Waals surface area contributed by atoms with Crippen LogP contribution in [-0.4, -0.2) is 30.3 Å². The zero-order valence-corrected chi connectivity index (χ0v) is 15.3. The van der Waals surface area contributed by atoms with Crippen LogP contribution in [0.3, 0.4) is 0 Å². The molecule has 0 radical (unpaired) electrons. The molecule has 1 saturated carbocycles. The molecule has 8 heteroatoms. The van der Waals surface area contributed by atoms with Crippen LogP contribution in [0.1, 0.15) is 51.0 Å². The summed E-state index contributed by atoms with van der Waals surface area (Å²) in [5.41, 5.74) is 4.28. The molecule has 0 bridgehead atoms. The van der Waals surface area contributed by atoms with Gasteiger partial charge < -0.3 is 16.4 Å². The molecule has 1 atom stereocenters. The van der Waals surface area contributed by atoms with Crippen molar-refractivity contribution in [2.24, 2.45) is 5.73 Å². The van der Waals surface area contributed by atoms with Gasteiger partial charge in [-0.05, 0) is 31.4 Å². The van der Waals surface area contributed by atoms with Crippen molar-refractivity contribution in [1.29, 1.82) is 0 Å². The summed E-state index contributed by atoms with van der Waals surface area (Å²) < 4.78 is 28.7. The lowest BCUT2D eigenvalue weighted by atomic mass is 9.78. The summed E-state index contributed by atoms with van der Waals surface area (Å²) in [6.07, 6.45) is 2.71. The van der Waals surface area contributed by atoms with Crippen LogP contribution in [-0.2, 0) is 19.8 Å². The molecular formula is C19H25F2N3O3. The summed E-state index contributed by atoms with van der Waals surface area (Å²) in [7, 11) is 0. The van der Waals surface area contributed by atoms with E-state index < -0.39 is 40.8 Å². The lowest BCUT2D eigenvalue weighted by Gasteiger charge is -2.31. The number of halogens is 2. The fourth-order valence-electron chi connectivity index (χ4n) is 3.75. The van der Waals surface area contributed by atoms with Gasteiger partial charge in [-0.3, -0.25) is 14.4 Å². The highest BCUT2D eigenvalue weighted by Gasteiger charge is 2.40. The van der Waals surface area contributed by atoms with Crippen LogP contribution in [0, 0.1) is 11.6 Å². The summed E-state index contributed by atoms with van der Waals surface area (Å²) in [6.45, 7) is 1.31. The Bertz CT molecular complexity index is 698. The molecule has 4 N–H and O–H groups in total. The lowest BCUT2D eigenvalue weighted by Crippen LogP contribution is -2.50. The first kappa shape index (κ1) is 20.8. The van der Waals surface area contributed by atoms with Gasteiger partial charge in [0.15, 0.2) is 0 Å². The number of nitrogens with two attached hydrogens (primary N) is 1. The van der Waals surface area contributed by atoms with Crippen molar-refractivity contribution in [2.75, 3.05) is 6.54 Å². The van der Waals surface area contributed by atoms with Crippen molar-refractivity contribution in [2.45, 2.75) is 56.9 Å². The van der Waals surface area contributed by atoms with Crippen molar-refractivity contribution in [3.05, 3.63) is 35.4 Å². The summed E-state index contributed by atoms with van der Waals surface area (Å²) >= 11 is 0. The molecule has 1 aliphatic carbocycles. The second-order valence-corrected chi connectivity index (χ2v) is 7.06. The monoisotopic (exact) mass is 381 g/mol. The normalized spacial score (nSPS) is 16.6. The number of carbonyl (C=O) groups is 3. The van der Waals surface area contributed by atoms with Crippen molar-refractivity contribution in [3.8, 4) is 0 Å². The molecule has 0 aromatic heterocycles. The van der Waals surface area contributed by atoms with Gasteiger partial charge in [0.05, 0.1) is 0 Å². The molecule has 148 valence electrons. The highest BCUT2D eigenvalue weighted by Crippen LogP contribution is 2.42. The van der Waals surface area contributed by atoms with Crippen molar-refractivity contribution < 1.29 is 23.2 Å². The Kier molecular flexibility index (Phi) is 6.87. The van der Waals surface area contributed by atoms with E-state index in [2.05, 4.69) is 10.6 Å². The van der Waals surface area contributed by atoms with Crippen LogP contribution in [0.4, 0.5) is 8.78 Å². The molecule has 0 saturated heterocycles. The Labute approximate surface area is 156 Å². The zero-order valence-electron chi connectivity index (χ0n) is 15.3. The molecule has 1 aromatic carbocycles. The van der Waals surface area contributed by atoms with Crippen LogP contribution < -0.4 is 16.4 Å². The van der Waals surface area contributed by atoms with Crippen LogP contribution >= 0.6 is 0 Å². The minimum Gasteiger partial charge on any atom is -0.370 e. The largest absolute Gasteiger partial charge is 0.370 e. The van der Waals surface area contributed by atoms with Gasteiger partial charge in [0, 0.05) is 30.9 Å². The molecule has 0 spiro atoms.